The number of methoxy groups -OCH3 is 1. The number of amidine groups is 1. The smallest absolute Gasteiger partial charge is 0.123 e. The first-order valence-electron chi connectivity index (χ1n) is 6.00. The maximum Gasteiger partial charge on any atom is 0.123 e. The summed E-state index contributed by atoms with van der Waals surface area (Å²) in [6.07, 6.45) is 0. The molecule has 0 unspecified atom stereocenters. The molecule has 2 rings (SSSR count). The van der Waals surface area contributed by atoms with Crippen LogP contribution in [0.25, 0.3) is 0 Å². The summed E-state index contributed by atoms with van der Waals surface area (Å²) in [6, 6.07) is 13.1. The Morgan fingerprint density at radius 1 is 1.20 bits per heavy atom. The van der Waals surface area contributed by atoms with Crippen LogP contribution in [0.15, 0.2) is 46.9 Å². The van der Waals surface area contributed by atoms with Crippen molar-refractivity contribution in [3.8, 4) is 11.5 Å². The number of hydrogen-bond acceptors (Lipinski definition) is 3. The molecule has 0 aliphatic heterocycles. The zero-order chi connectivity index (χ0) is 14.5. The summed E-state index contributed by atoms with van der Waals surface area (Å²) in [4.78, 5) is 0. The van der Waals surface area contributed by atoms with Crippen LogP contribution in [0.1, 0.15) is 11.1 Å². The maximum absolute atomic E-state index is 7.42. The van der Waals surface area contributed by atoms with E-state index in [9.17, 15) is 0 Å². The first-order valence-corrected chi connectivity index (χ1v) is 6.79. The Morgan fingerprint density at radius 2 is 2.00 bits per heavy atom. The molecule has 0 fully saturated rings. The molecule has 0 saturated heterocycles. The van der Waals surface area contributed by atoms with Crippen molar-refractivity contribution in [3.63, 3.8) is 0 Å². The summed E-state index contributed by atoms with van der Waals surface area (Å²) < 4.78 is 11.6. The molecule has 0 spiro atoms. The first-order chi connectivity index (χ1) is 9.60. The molecule has 2 aromatic rings. The van der Waals surface area contributed by atoms with E-state index in [4.69, 9.17) is 20.6 Å². The van der Waals surface area contributed by atoms with Gasteiger partial charge in [-0.1, -0.05) is 12.1 Å². The summed E-state index contributed by atoms with van der Waals surface area (Å²) in [5, 5.41) is 7.42. The van der Waals surface area contributed by atoms with Crippen LogP contribution in [0.4, 0.5) is 0 Å². The lowest BCUT2D eigenvalue weighted by molar-refractivity contribution is 0.305. The Kier molecular flexibility index (Phi) is 4.63. The molecular formula is C15H15BrN2O2. The number of ether oxygens (including phenoxy) is 2. The van der Waals surface area contributed by atoms with E-state index in [-0.39, 0.29) is 5.84 Å². The molecule has 0 atom stereocenters. The molecular weight excluding hydrogens is 320 g/mol. The van der Waals surface area contributed by atoms with Crippen molar-refractivity contribution >= 4 is 21.8 Å². The Balaban J connectivity index is 2.07. The average Bonchev–Trinajstić information content (AvgIpc) is 2.45. The van der Waals surface area contributed by atoms with Gasteiger partial charge >= 0.3 is 0 Å². The lowest BCUT2D eigenvalue weighted by Crippen LogP contribution is -2.11. The lowest BCUT2D eigenvalue weighted by Gasteiger charge is -2.09. The van der Waals surface area contributed by atoms with Gasteiger partial charge in [-0.15, -0.1) is 0 Å². The highest BCUT2D eigenvalue weighted by molar-refractivity contribution is 9.10. The van der Waals surface area contributed by atoms with Crippen LogP contribution < -0.4 is 15.2 Å². The van der Waals surface area contributed by atoms with E-state index in [0.717, 1.165) is 15.8 Å². The van der Waals surface area contributed by atoms with Gasteiger partial charge < -0.3 is 15.2 Å². The van der Waals surface area contributed by atoms with Crippen LogP contribution in [0, 0.1) is 5.41 Å². The van der Waals surface area contributed by atoms with Crippen molar-refractivity contribution in [1.29, 1.82) is 5.41 Å². The van der Waals surface area contributed by atoms with E-state index in [2.05, 4.69) is 15.9 Å². The van der Waals surface area contributed by atoms with Gasteiger partial charge in [-0.05, 0) is 51.8 Å². The fourth-order valence-electron chi connectivity index (χ4n) is 1.73. The van der Waals surface area contributed by atoms with Gasteiger partial charge in [-0.25, -0.2) is 0 Å². The Morgan fingerprint density at radius 3 is 2.65 bits per heavy atom. The molecule has 0 aliphatic rings. The largest absolute Gasteiger partial charge is 0.497 e. The molecule has 0 heterocycles. The fourth-order valence-corrected chi connectivity index (χ4v) is 2.30. The van der Waals surface area contributed by atoms with Gasteiger partial charge in [0.05, 0.1) is 7.11 Å². The Bertz CT molecular complexity index is 629. The van der Waals surface area contributed by atoms with Crippen LogP contribution in [-0.2, 0) is 6.61 Å². The van der Waals surface area contributed by atoms with Crippen molar-refractivity contribution < 1.29 is 9.47 Å². The molecule has 0 radical (unpaired) electrons. The third-order valence-corrected chi connectivity index (χ3v) is 3.43. The molecule has 0 aromatic heterocycles. The standard InChI is InChI=1S/C15H15BrN2O2/c1-19-11-4-2-3-10(7-11)9-20-12-5-6-13(15(17)18)14(16)8-12/h2-8H,9H2,1H3,(H3,17,18). The molecule has 4 nitrogen and oxygen atoms in total. The zero-order valence-corrected chi connectivity index (χ0v) is 12.6. The van der Waals surface area contributed by atoms with Gasteiger partial charge in [0.25, 0.3) is 0 Å². The monoisotopic (exact) mass is 334 g/mol. The number of hydrogen-bond donors (Lipinski definition) is 2. The first kappa shape index (κ1) is 14.4. The van der Waals surface area contributed by atoms with Gasteiger partial charge in [0.2, 0.25) is 0 Å². The van der Waals surface area contributed by atoms with Crippen molar-refractivity contribution in [3.05, 3.63) is 58.1 Å². The second-order valence-corrected chi connectivity index (χ2v) is 5.05. The van der Waals surface area contributed by atoms with E-state index >= 15 is 0 Å². The van der Waals surface area contributed by atoms with Gasteiger partial charge in [0.1, 0.15) is 23.9 Å². The van der Waals surface area contributed by atoms with Crippen molar-refractivity contribution in [2.45, 2.75) is 6.61 Å². The average molecular weight is 335 g/mol. The predicted molar refractivity (Wildman–Crippen MR) is 82.5 cm³/mol. The number of rotatable bonds is 5. The van der Waals surface area contributed by atoms with Crippen molar-refractivity contribution in [2.24, 2.45) is 5.73 Å². The second-order valence-electron chi connectivity index (χ2n) is 4.20. The highest BCUT2D eigenvalue weighted by Gasteiger charge is 2.05. The summed E-state index contributed by atoms with van der Waals surface area (Å²) in [5.74, 6) is 1.54. The molecule has 20 heavy (non-hydrogen) atoms. The van der Waals surface area contributed by atoms with Gasteiger partial charge in [0.15, 0.2) is 0 Å². The lowest BCUT2D eigenvalue weighted by atomic mass is 10.2. The zero-order valence-electron chi connectivity index (χ0n) is 11.0. The molecule has 0 saturated carbocycles. The van der Waals surface area contributed by atoms with Crippen LogP contribution in [-0.4, -0.2) is 12.9 Å². The van der Waals surface area contributed by atoms with Gasteiger partial charge in [-0.2, -0.15) is 0 Å². The minimum atomic E-state index is 0.0243. The summed E-state index contributed by atoms with van der Waals surface area (Å²) in [5.41, 5.74) is 7.14. The third kappa shape index (κ3) is 3.51. The minimum Gasteiger partial charge on any atom is -0.497 e. The maximum atomic E-state index is 7.42. The van der Waals surface area contributed by atoms with Crippen LogP contribution in [0.2, 0.25) is 0 Å². The summed E-state index contributed by atoms with van der Waals surface area (Å²) in [7, 11) is 1.64. The van der Waals surface area contributed by atoms with Crippen molar-refractivity contribution in [2.75, 3.05) is 7.11 Å². The van der Waals surface area contributed by atoms with E-state index in [0.29, 0.717) is 17.9 Å². The predicted octanol–water partition coefficient (Wildman–Crippen LogP) is 3.32. The Labute approximate surface area is 126 Å². The molecule has 0 bridgehead atoms. The number of nitrogens with one attached hydrogen (secondary N) is 1. The fraction of sp³-hybridized carbons (Fsp3) is 0.133. The van der Waals surface area contributed by atoms with Gasteiger partial charge in [0, 0.05) is 10.0 Å². The molecule has 0 amide bonds. The molecule has 5 heteroatoms. The molecule has 104 valence electrons. The number of halogens is 1. The van der Waals surface area contributed by atoms with E-state index in [1.807, 2.05) is 24.3 Å². The van der Waals surface area contributed by atoms with E-state index in [1.165, 1.54) is 0 Å². The molecule has 0 aliphatic carbocycles. The summed E-state index contributed by atoms with van der Waals surface area (Å²) >= 11 is 3.38. The highest BCUT2D eigenvalue weighted by Crippen LogP contribution is 2.24. The van der Waals surface area contributed by atoms with Crippen LogP contribution >= 0.6 is 15.9 Å². The number of benzene rings is 2. The SMILES string of the molecule is COc1cccc(COc2ccc(C(=N)N)c(Br)c2)c1. The highest BCUT2D eigenvalue weighted by atomic mass is 79.9. The van der Waals surface area contributed by atoms with Crippen molar-refractivity contribution in [1.82, 2.24) is 0 Å². The topological polar surface area (TPSA) is 68.3 Å². The van der Waals surface area contributed by atoms with Crippen LogP contribution in [0.3, 0.4) is 0 Å². The third-order valence-electron chi connectivity index (χ3n) is 2.77. The Hall–Kier alpha value is -2.01. The quantitative estimate of drug-likeness (QED) is 0.651. The normalized spacial score (nSPS) is 10.1. The van der Waals surface area contributed by atoms with Crippen LogP contribution in [0.5, 0.6) is 11.5 Å². The number of nitrogen functional groups attached to an aromatic ring is 1. The molecule has 2 aromatic carbocycles. The van der Waals surface area contributed by atoms with Gasteiger partial charge in [-0.3, -0.25) is 5.41 Å². The minimum absolute atomic E-state index is 0.0243. The van der Waals surface area contributed by atoms with E-state index < -0.39 is 0 Å². The van der Waals surface area contributed by atoms with E-state index in [1.54, 1.807) is 25.3 Å². The second kappa shape index (κ2) is 6.43. The number of nitrogens with two attached hydrogens (primary N) is 1. The summed E-state index contributed by atoms with van der Waals surface area (Å²) in [6.45, 7) is 0.447. The molecule has 3 N–H and O–H groups in total.